The molecule has 0 aliphatic heterocycles. The zero-order valence-electron chi connectivity index (χ0n) is 13.6. The molecule has 2 aromatic rings. The molecule has 2 aromatic heterocycles. The number of alkyl halides is 1. The quantitative estimate of drug-likeness (QED) is 0.320. The predicted molar refractivity (Wildman–Crippen MR) is 102 cm³/mol. The van der Waals surface area contributed by atoms with E-state index >= 15 is 0 Å². The maximum atomic E-state index is 5.66. The van der Waals surface area contributed by atoms with E-state index in [0.717, 1.165) is 29.5 Å². The highest BCUT2D eigenvalue weighted by atomic mass is 79.9. The molecule has 0 radical (unpaired) electrons. The first-order valence-corrected chi connectivity index (χ1v) is 9.45. The van der Waals surface area contributed by atoms with Gasteiger partial charge in [0, 0.05) is 24.3 Å². The summed E-state index contributed by atoms with van der Waals surface area (Å²) in [6, 6.07) is 7.37. The molecule has 0 bridgehead atoms. The van der Waals surface area contributed by atoms with Gasteiger partial charge in [0.25, 0.3) is 0 Å². The summed E-state index contributed by atoms with van der Waals surface area (Å²) in [5.74, 6) is 0. The number of pyridine rings is 2. The third-order valence-corrected chi connectivity index (χ3v) is 3.82. The van der Waals surface area contributed by atoms with Gasteiger partial charge in [0.05, 0.1) is 19.8 Å². The van der Waals surface area contributed by atoms with Crippen LogP contribution in [0, 0.1) is 0 Å². The highest BCUT2D eigenvalue weighted by Gasteiger charge is 1.94. The number of halogens is 3. The summed E-state index contributed by atoms with van der Waals surface area (Å²) in [6.45, 7) is 4.70. The van der Waals surface area contributed by atoms with Crippen LogP contribution in [0.5, 0.6) is 0 Å². The van der Waals surface area contributed by atoms with Crippen LogP contribution in [0.1, 0.15) is 24.5 Å². The largest absolute Gasteiger partial charge is 0.379 e. The fourth-order valence-electron chi connectivity index (χ4n) is 1.53. The van der Waals surface area contributed by atoms with Gasteiger partial charge >= 0.3 is 0 Å². The van der Waals surface area contributed by atoms with Gasteiger partial charge in [-0.05, 0) is 29.7 Å². The molecule has 0 saturated carbocycles. The first-order valence-electron chi connectivity index (χ1n) is 7.58. The second-order valence-corrected chi connectivity index (χ2v) is 6.11. The second-order valence-electron chi connectivity index (χ2n) is 4.78. The monoisotopic (exact) mass is 434 g/mol. The molecule has 0 unspecified atom stereocenters. The lowest BCUT2D eigenvalue weighted by molar-refractivity contribution is 0.0407. The molecule has 0 aliphatic carbocycles. The van der Waals surface area contributed by atoms with Crippen molar-refractivity contribution in [1.29, 1.82) is 0 Å². The molecule has 4 nitrogen and oxygen atoms in total. The Labute approximate surface area is 161 Å². The summed E-state index contributed by atoms with van der Waals surface area (Å²) in [5.41, 5.74) is 2.16. The normalized spacial score (nSPS) is 10.2. The molecule has 0 atom stereocenters. The molecule has 0 spiro atoms. The van der Waals surface area contributed by atoms with Crippen molar-refractivity contribution in [3.63, 3.8) is 0 Å². The lowest BCUT2D eigenvalue weighted by Gasteiger charge is -2.04. The summed E-state index contributed by atoms with van der Waals surface area (Å²) < 4.78 is 10.7. The molecule has 132 valence electrons. The van der Waals surface area contributed by atoms with Gasteiger partial charge in [0.2, 0.25) is 0 Å². The molecule has 2 rings (SSSR count). The molecule has 2 heterocycles. The number of hydrogen-bond donors (Lipinski definition) is 0. The molecular weight excluding hydrogens is 415 g/mol. The van der Waals surface area contributed by atoms with Gasteiger partial charge in [0.1, 0.15) is 10.3 Å². The SMILES string of the molecule is CCCOCCOCc1ccc(Cl)nc1.Clc1ccc(CBr)cn1. The van der Waals surface area contributed by atoms with Gasteiger partial charge in [-0.25, -0.2) is 9.97 Å². The van der Waals surface area contributed by atoms with E-state index in [1.54, 1.807) is 24.5 Å². The lowest BCUT2D eigenvalue weighted by Crippen LogP contribution is -2.04. The van der Waals surface area contributed by atoms with Crippen LogP contribution in [0.2, 0.25) is 10.3 Å². The Hall–Kier alpha value is -0.720. The van der Waals surface area contributed by atoms with Gasteiger partial charge in [-0.2, -0.15) is 0 Å². The van der Waals surface area contributed by atoms with Gasteiger partial charge in [0.15, 0.2) is 0 Å². The Balaban J connectivity index is 0.000000272. The molecule has 7 heteroatoms. The minimum atomic E-state index is 0.505. The van der Waals surface area contributed by atoms with Gasteiger partial charge < -0.3 is 9.47 Å². The van der Waals surface area contributed by atoms with Crippen molar-refractivity contribution in [3.05, 3.63) is 58.1 Å². The summed E-state index contributed by atoms with van der Waals surface area (Å²) in [7, 11) is 0. The van der Waals surface area contributed by atoms with Crippen LogP contribution in [0.3, 0.4) is 0 Å². The van der Waals surface area contributed by atoms with Crippen LogP contribution in [-0.4, -0.2) is 29.8 Å². The van der Waals surface area contributed by atoms with Gasteiger partial charge in [-0.3, -0.25) is 0 Å². The van der Waals surface area contributed by atoms with Crippen molar-refractivity contribution in [2.45, 2.75) is 25.3 Å². The van der Waals surface area contributed by atoms with Crippen LogP contribution >= 0.6 is 39.1 Å². The van der Waals surface area contributed by atoms with E-state index in [4.69, 9.17) is 32.7 Å². The standard InChI is InChI=1S/C11H16ClNO2.C6H5BrClN/c1-2-5-14-6-7-15-9-10-3-4-11(12)13-8-10;7-3-5-1-2-6(8)9-4-5/h3-4,8H,2,5-7,9H2,1H3;1-2,4H,3H2. The van der Waals surface area contributed by atoms with Gasteiger partial charge in [-0.1, -0.05) is 58.2 Å². The predicted octanol–water partition coefficient (Wildman–Crippen LogP) is 5.31. The maximum absolute atomic E-state index is 5.66. The molecule has 0 fully saturated rings. The zero-order valence-corrected chi connectivity index (χ0v) is 16.6. The highest BCUT2D eigenvalue weighted by molar-refractivity contribution is 9.08. The first-order chi connectivity index (χ1) is 11.7. The smallest absolute Gasteiger partial charge is 0.129 e. The van der Waals surface area contributed by atoms with E-state index in [0.29, 0.717) is 30.1 Å². The Kier molecular flexibility index (Phi) is 12.0. The number of rotatable bonds is 8. The first kappa shape index (κ1) is 21.3. The number of aromatic nitrogens is 2. The fraction of sp³-hybridized carbons (Fsp3) is 0.412. The van der Waals surface area contributed by atoms with Crippen molar-refractivity contribution < 1.29 is 9.47 Å². The summed E-state index contributed by atoms with van der Waals surface area (Å²) >= 11 is 14.5. The molecule has 0 aliphatic rings. The van der Waals surface area contributed by atoms with Crippen LogP contribution in [-0.2, 0) is 21.4 Å². The summed E-state index contributed by atoms with van der Waals surface area (Å²) in [4.78, 5) is 7.85. The maximum Gasteiger partial charge on any atom is 0.129 e. The molecule has 0 aromatic carbocycles. The third-order valence-electron chi connectivity index (χ3n) is 2.72. The number of nitrogens with zero attached hydrogens (tertiary/aromatic N) is 2. The van der Waals surface area contributed by atoms with E-state index < -0.39 is 0 Å². The van der Waals surface area contributed by atoms with E-state index in [9.17, 15) is 0 Å². The van der Waals surface area contributed by atoms with Crippen LogP contribution < -0.4 is 0 Å². The van der Waals surface area contributed by atoms with E-state index in [1.807, 2.05) is 12.1 Å². The second kappa shape index (κ2) is 13.6. The van der Waals surface area contributed by atoms with Crippen LogP contribution in [0.4, 0.5) is 0 Å². The van der Waals surface area contributed by atoms with E-state index in [-0.39, 0.29) is 0 Å². The Morgan fingerprint density at radius 1 is 0.875 bits per heavy atom. The molecule has 0 amide bonds. The van der Waals surface area contributed by atoms with Crippen molar-refractivity contribution in [1.82, 2.24) is 9.97 Å². The molecule has 24 heavy (non-hydrogen) atoms. The van der Waals surface area contributed by atoms with Crippen molar-refractivity contribution in [2.75, 3.05) is 19.8 Å². The topological polar surface area (TPSA) is 44.2 Å². The average Bonchev–Trinajstić information content (AvgIpc) is 2.61. The third kappa shape index (κ3) is 10.2. The Morgan fingerprint density at radius 3 is 1.96 bits per heavy atom. The summed E-state index contributed by atoms with van der Waals surface area (Å²) in [6.07, 6.45) is 4.51. The fourth-order valence-corrected chi connectivity index (χ4v) is 2.09. The Morgan fingerprint density at radius 2 is 1.46 bits per heavy atom. The molecular formula is C17H21BrCl2N2O2. The highest BCUT2D eigenvalue weighted by Crippen LogP contribution is 2.07. The van der Waals surface area contributed by atoms with E-state index in [2.05, 4.69) is 32.8 Å². The number of hydrogen-bond acceptors (Lipinski definition) is 4. The van der Waals surface area contributed by atoms with Crippen molar-refractivity contribution in [2.24, 2.45) is 0 Å². The summed E-state index contributed by atoms with van der Waals surface area (Å²) in [5, 5.41) is 1.88. The van der Waals surface area contributed by atoms with E-state index in [1.165, 1.54) is 0 Å². The molecule has 0 saturated heterocycles. The lowest BCUT2D eigenvalue weighted by atomic mass is 10.3. The zero-order chi connectivity index (χ0) is 17.6. The van der Waals surface area contributed by atoms with Gasteiger partial charge in [-0.15, -0.1) is 0 Å². The van der Waals surface area contributed by atoms with Crippen LogP contribution in [0.25, 0.3) is 0 Å². The Bertz CT molecular complexity index is 554. The number of ether oxygens (including phenoxy) is 2. The minimum absolute atomic E-state index is 0.505. The minimum Gasteiger partial charge on any atom is -0.379 e. The molecule has 0 N–H and O–H groups in total. The van der Waals surface area contributed by atoms with Crippen molar-refractivity contribution >= 4 is 39.1 Å². The van der Waals surface area contributed by atoms with Crippen molar-refractivity contribution in [3.8, 4) is 0 Å². The van der Waals surface area contributed by atoms with Crippen LogP contribution in [0.15, 0.2) is 36.7 Å². The average molecular weight is 436 g/mol.